The number of carbonyl (C=O) groups excluding carboxylic acids is 1. The Morgan fingerprint density at radius 3 is 2.61 bits per heavy atom. The van der Waals surface area contributed by atoms with E-state index >= 15 is 0 Å². The molecular weight excluding hydrogens is 306 g/mol. The first-order chi connectivity index (χ1) is 11.0. The molecule has 0 aliphatic carbocycles. The fraction of sp³-hybridized carbons (Fsp3) is 0.316. The molecule has 4 heteroatoms. The third-order valence-electron chi connectivity index (χ3n) is 3.81. The Bertz CT molecular complexity index is 685. The lowest BCUT2D eigenvalue weighted by molar-refractivity contribution is -0.120. The van der Waals surface area contributed by atoms with Crippen LogP contribution in [0.3, 0.4) is 0 Å². The number of aryl methyl sites for hydroxylation is 2. The molecule has 23 heavy (non-hydrogen) atoms. The van der Waals surface area contributed by atoms with Crippen LogP contribution in [0.1, 0.15) is 23.6 Å². The van der Waals surface area contributed by atoms with E-state index in [0.717, 1.165) is 16.2 Å². The minimum absolute atomic E-state index is 0.0270. The fourth-order valence-electron chi connectivity index (χ4n) is 2.22. The number of nitrogens with one attached hydrogen (secondary N) is 1. The van der Waals surface area contributed by atoms with E-state index in [4.69, 9.17) is 4.74 Å². The first kappa shape index (κ1) is 17.4. The Morgan fingerprint density at radius 1 is 1.17 bits per heavy atom. The largest absolute Gasteiger partial charge is 0.496 e. The van der Waals surface area contributed by atoms with Gasteiger partial charge in [-0.3, -0.25) is 4.79 Å². The molecule has 0 spiro atoms. The summed E-state index contributed by atoms with van der Waals surface area (Å²) < 4.78 is 5.30. The molecule has 2 aromatic carbocycles. The summed E-state index contributed by atoms with van der Waals surface area (Å²) in [5, 5.41) is 2.83. The average Bonchev–Trinajstić information content (AvgIpc) is 2.56. The Kier molecular flexibility index (Phi) is 6.11. The van der Waals surface area contributed by atoms with E-state index in [1.54, 1.807) is 18.9 Å². The second-order valence-corrected chi connectivity index (χ2v) is 6.95. The Hall–Kier alpha value is -1.94. The van der Waals surface area contributed by atoms with Crippen molar-refractivity contribution in [3.8, 4) is 5.75 Å². The van der Waals surface area contributed by atoms with Crippen molar-refractivity contribution in [3.05, 3.63) is 59.2 Å². The van der Waals surface area contributed by atoms with E-state index in [1.807, 2.05) is 31.2 Å². The van der Waals surface area contributed by atoms with E-state index in [2.05, 4.69) is 37.4 Å². The zero-order chi connectivity index (χ0) is 16.8. The van der Waals surface area contributed by atoms with Gasteiger partial charge in [-0.25, -0.2) is 0 Å². The van der Waals surface area contributed by atoms with Crippen molar-refractivity contribution < 1.29 is 9.53 Å². The predicted octanol–water partition coefficient (Wildman–Crippen LogP) is 4.11. The SMILES string of the molecule is COc1ccccc1CNC(=O)[C@H](C)Sc1ccc(C)c(C)c1. The molecule has 2 rings (SSSR count). The normalized spacial score (nSPS) is 11.8. The second kappa shape index (κ2) is 8.06. The van der Waals surface area contributed by atoms with Gasteiger partial charge >= 0.3 is 0 Å². The number of rotatable bonds is 6. The van der Waals surface area contributed by atoms with E-state index in [1.165, 1.54) is 11.1 Å². The quantitative estimate of drug-likeness (QED) is 0.811. The number of hydrogen-bond acceptors (Lipinski definition) is 3. The van der Waals surface area contributed by atoms with Gasteiger partial charge in [-0.1, -0.05) is 24.3 Å². The van der Waals surface area contributed by atoms with Crippen LogP contribution in [0.5, 0.6) is 5.75 Å². The molecule has 0 aromatic heterocycles. The summed E-state index contributed by atoms with van der Waals surface area (Å²) >= 11 is 1.58. The first-order valence-electron chi connectivity index (χ1n) is 7.64. The van der Waals surface area contributed by atoms with Crippen LogP contribution >= 0.6 is 11.8 Å². The minimum Gasteiger partial charge on any atom is -0.496 e. The van der Waals surface area contributed by atoms with Gasteiger partial charge in [0.1, 0.15) is 5.75 Å². The van der Waals surface area contributed by atoms with Crippen molar-refractivity contribution in [2.75, 3.05) is 7.11 Å². The monoisotopic (exact) mass is 329 g/mol. The number of benzene rings is 2. The van der Waals surface area contributed by atoms with Gasteiger partial charge in [0.25, 0.3) is 0 Å². The molecule has 0 aliphatic heterocycles. The van der Waals surface area contributed by atoms with Gasteiger partial charge in [0.15, 0.2) is 0 Å². The lowest BCUT2D eigenvalue weighted by Gasteiger charge is -2.14. The Labute approximate surface area is 142 Å². The predicted molar refractivity (Wildman–Crippen MR) is 96.1 cm³/mol. The van der Waals surface area contributed by atoms with Crippen LogP contribution in [0.15, 0.2) is 47.4 Å². The van der Waals surface area contributed by atoms with Crippen molar-refractivity contribution in [2.24, 2.45) is 0 Å². The van der Waals surface area contributed by atoms with Gasteiger partial charge in [0.05, 0.1) is 12.4 Å². The molecule has 0 radical (unpaired) electrons. The zero-order valence-electron chi connectivity index (χ0n) is 14.1. The molecule has 0 bridgehead atoms. The molecule has 1 amide bonds. The number of thioether (sulfide) groups is 1. The number of ether oxygens (including phenoxy) is 1. The molecule has 0 unspecified atom stereocenters. The van der Waals surface area contributed by atoms with Gasteiger partial charge in [-0.15, -0.1) is 11.8 Å². The lowest BCUT2D eigenvalue weighted by Crippen LogP contribution is -2.30. The third-order valence-corrected chi connectivity index (χ3v) is 4.90. The summed E-state index contributed by atoms with van der Waals surface area (Å²) in [5.74, 6) is 0.821. The summed E-state index contributed by atoms with van der Waals surface area (Å²) in [6, 6.07) is 14.0. The van der Waals surface area contributed by atoms with Crippen molar-refractivity contribution in [3.63, 3.8) is 0 Å². The zero-order valence-corrected chi connectivity index (χ0v) is 14.9. The Balaban J connectivity index is 1.93. The van der Waals surface area contributed by atoms with Crippen LogP contribution in [0.2, 0.25) is 0 Å². The topological polar surface area (TPSA) is 38.3 Å². The summed E-state index contributed by atoms with van der Waals surface area (Å²) in [4.78, 5) is 13.4. The Morgan fingerprint density at radius 2 is 1.91 bits per heavy atom. The molecule has 0 saturated heterocycles. The maximum Gasteiger partial charge on any atom is 0.233 e. The van der Waals surface area contributed by atoms with Gasteiger partial charge in [-0.05, 0) is 50.1 Å². The fourth-order valence-corrected chi connectivity index (χ4v) is 3.21. The van der Waals surface area contributed by atoms with Gasteiger partial charge in [-0.2, -0.15) is 0 Å². The van der Waals surface area contributed by atoms with E-state index in [-0.39, 0.29) is 11.2 Å². The van der Waals surface area contributed by atoms with Crippen molar-refractivity contribution in [1.29, 1.82) is 0 Å². The number of carbonyl (C=O) groups is 1. The molecule has 1 N–H and O–H groups in total. The molecule has 0 fully saturated rings. The highest BCUT2D eigenvalue weighted by Gasteiger charge is 2.15. The molecule has 2 aromatic rings. The van der Waals surface area contributed by atoms with Crippen LogP contribution in [-0.2, 0) is 11.3 Å². The van der Waals surface area contributed by atoms with Gasteiger partial charge in [0.2, 0.25) is 5.91 Å². The van der Waals surface area contributed by atoms with E-state index < -0.39 is 0 Å². The van der Waals surface area contributed by atoms with Gasteiger partial charge in [0, 0.05) is 17.0 Å². The highest BCUT2D eigenvalue weighted by Crippen LogP contribution is 2.25. The summed E-state index contributed by atoms with van der Waals surface area (Å²) in [7, 11) is 1.64. The maximum absolute atomic E-state index is 12.3. The summed E-state index contributed by atoms with van der Waals surface area (Å²) in [5.41, 5.74) is 3.49. The summed E-state index contributed by atoms with van der Waals surface area (Å²) in [6.45, 7) is 6.58. The molecule has 1 atom stereocenters. The summed E-state index contributed by atoms with van der Waals surface area (Å²) in [6.07, 6.45) is 0. The third kappa shape index (κ3) is 4.76. The van der Waals surface area contributed by atoms with Crippen molar-refractivity contribution in [2.45, 2.75) is 37.5 Å². The molecule has 0 saturated carbocycles. The van der Waals surface area contributed by atoms with E-state index in [0.29, 0.717) is 6.54 Å². The van der Waals surface area contributed by atoms with Crippen LogP contribution < -0.4 is 10.1 Å². The highest BCUT2D eigenvalue weighted by molar-refractivity contribution is 8.00. The van der Waals surface area contributed by atoms with Gasteiger partial charge < -0.3 is 10.1 Å². The minimum atomic E-state index is -0.146. The highest BCUT2D eigenvalue weighted by atomic mass is 32.2. The molecule has 122 valence electrons. The van der Waals surface area contributed by atoms with E-state index in [9.17, 15) is 4.79 Å². The molecule has 0 aliphatic rings. The van der Waals surface area contributed by atoms with Crippen LogP contribution in [-0.4, -0.2) is 18.3 Å². The number of amides is 1. The molecule has 0 heterocycles. The standard InChI is InChI=1S/C19H23NO2S/c1-13-9-10-17(11-14(13)2)23-15(3)19(21)20-12-16-7-5-6-8-18(16)22-4/h5-11,15H,12H2,1-4H3,(H,20,21)/t15-/m0/s1. The number of hydrogen-bond donors (Lipinski definition) is 1. The second-order valence-electron chi connectivity index (χ2n) is 5.54. The smallest absolute Gasteiger partial charge is 0.233 e. The maximum atomic E-state index is 12.3. The van der Waals surface area contributed by atoms with Crippen molar-refractivity contribution >= 4 is 17.7 Å². The van der Waals surface area contributed by atoms with Crippen LogP contribution in [0, 0.1) is 13.8 Å². The number of para-hydroxylation sites is 1. The average molecular weight is 329 g/mol. The molecular formula is C19H23NO2S. The molecule has 3 nitrogen and oxygen atoms in total. The van der Waals surface area contributed by atoms with Crippen LogP contribution in [0.4, 0.5) is 0 Å². The van der Waals surface area contributed by atoms with Crippen molar-refractivity contribution in [1.82, 2.24) is 5.32 Å². The number of methoxy groups -OCH3 is 1. The van der Waals surface area contributed by atoms with Crippen LogP contribution in [0.25, 0.3) is 0 Å². The lowest BCUT2D eigenvalue weighted by atomic mass is 10.1. The first-order valence-corrected chi connectivity index (χ1v) is 8.52.